The molecule has 0 unspecified atom stereocenters. The van der Waals surface area contributed by atoms with Gasteiger partial charge in [-0.3, -0.25) is 0 Å². The van der Waals surface area contributed by atoms with Gasteiger partial charge in [0.15, 0.2) is 0 Å². The molecule has 0 spiro atoms. The number of hydrogen-bond acceptors (Lipinski definition) is 3. The fourth-order valence-electron chi connectivity index (χ4n) is 0.719. The first-order valence-electron chi connectivity index (χ1n) is 2.91. The van der Waals surface area contributed by atoms with Crippen molar-refractivity contribution in [3.05, 3.63) is 27.7 Å². The molecule has 1 aromatic rings. The lowest BCUT2D eigenvalue weighted by atomic mass is 10.2. The van der Waals surface area contributed by atoms with Gasteiger partial charge in [0, 0.05) is 12.4 Å². The molecule has 0 aliphatic carbocycles. The van der Waals surface area contributed by atoms with E-state index in [1.165, 1.54) is 12.1 Å². The molecule has 0 saturated heterocycles. The largest absolute Gasteiger partial charge is 0.192 e. The number of nitriles is 1. The zero-order valence-corrected chi connectivity index (χ0v) is 8.04. The third kappa shape index (κ3) is 1.72. The average molecular weight is 217 g/mol. The summed E-state index contributed by atoms with van der Waals surface area (Å²) < 4.78 is 3.47. The van der Waals surface area contributed by atoms with E-state index in [4.69, 9.17) is 28.5 Å². The van der Waals surface area contributed by atoms with E-state index < -0.39 is 0 Å². The van der Waals surface area contributed by atoms with Crippen molar-refractivity contribution in [3.8, 4) is 6.07 Å². The van der Waals surface area contributed by atoms with Gasteiger partial charge in [-0.25, -0.2) is 0 Å². The van der Waals surface area contributed by atoms with Gasteiger partial charge in [0.2, 0.25) is 0 Å². The van der Waals surface area contributed by atoms with Gasteiger partial charge in [0.25, 0.3) is 0 Å². The summed E-state index contributed by atoms with van der Waals surface area (Å²) in [7, 11) is 0. The van der Waals surface area contributed by atoms with E-state index in [1.807, 2.05) is 6.07 Å². The summed E-state index contributed by atoms with van der Waals surface area (Å²) in [6, 6.07) is 4.87. The summed E-state index contributed by atoms with van der Waals surface area (Å²) in [6.07, 6.45) is 0. The van der Waals surface area contributed by atoms with Crippen molar-refractivity contribution in [2.45, 2.75) is 0 Å². The molecular formula is C7H2Cl2N2S. The van der Waals surface area contributed by atoms with Gasteiger partial charge in [-0.2, -0.15) is 9.62 Å². The van der Waals surface area contributed by atoms with Crippen molar-refractivity contribution >= 4 is 41.3 Å². The van der Waals surface area contributed by atoms with Gasteiger partial charge in [0.05, 0.1) is 21.3 Å². The minimum Gasteiger partial charge on any atom is -0.192 e. The van der Waals surface area contributed by atoms with E-state index in [0.29, 0.717) is 5.69 Å². The maximum atomic E-state index is 8.59. The number of benzene rings is 1. The summed E-state index contributed by atoms with van der Waals surface area (Å²) in [5.74, 6) is 0. The lowest BCUT2D eigenvalue weighted by Crippen LogP contribution is -1.78. The van der Waals surface area contributed by atoms with Gasteiger partial charge in [-0.05, 0) is 12.1 Å². The van der Waals surface area contributed by atoms with Crippen molar-refractivity contribution in [2.75, 3.05) is 0 Å². The number of nitrogens with zero attached hydrogens (tertiary/aromatic N) is 2. The lowest BCUT2D eigenvalue weighted by molar-refractivity contribution is 1.47. The van der Waals surface area contributed by atoms with Crippen LogP contribution in [0.2, 0.25) is 10.0 Å². The molecule has 0 aliphatic heterocycles. The van der Waals surface area contributed by atoms with Crippen LogP contribution in [-0.2, 0) is 12.4 Å². The Labute approximate surface area is 84.9 Å². The Kier molecular flexibility index (Phi) is 2.99. The van der Waals surface area contributed by atoms with Gasteiger partial charge >= 0.3 is 0 Å². The highest BCUT2D eigenvalue weighted by atomic mass is 35.5. The highest BCUT2D eigenvalue weighted by molar-refractivity contribution is 7.47. The summed E-state index contributed by atoms with van der Waals surface area (Å²) >= 11 is 15.8. The molecule has 0 radical (unpaired) electrons. The van der Waals surface area contributed by atoms with Crippen LogP contribution in [0, 0.1) is 11.3 Å². The molecule has 1 rings (SSSR count). The predicted octanol–water partition coefficient (Wildman–Crippen LogP) is 3.23. The van der Waals surface area contributed by atoms with Crippen molar-refractivity contribution in [2.24, 2.45) is 4.36 Å². The van der Waals surface area contributed by atoms with Crippen LogP contribution in [0.1, 0.15) is 5.56 Å². The minimum atomic E-state index is 0.251. The molecule has 0 atom stereocenters. The van der Waals surface area contributed by atoms with E-state index in [0.717, 1.165) is 0 Å². The number of rotatable bonds is 1. The second-order valence-electron chi connectivity index (χ2n) is 1.99. The van der Waals surface area contributed by atoms with Crippen LogP contribution in [0.5, 0.6) is 0 Å². The third-order valence-electron chi connectivity index (χ3n) is 1.24. The zero-order valence-electron chi connectivity index (χ0n) is 5.71. The average Bonchev–Trinajstić information content (AvgIpc) is 2.03. The topological polar surface area (TPSA) is 36.1 Å². The zero-order chi connectivity index (χ0) is 9.14. The summed E-state index contributed by atoms with van der Waals surface area (Å²) in [6.45, 7) is 0. The van der Waals surface area contributed by atoms with Crippen LogP contribution >= 0.6 is 23.2 Å². The molecule has 1 aromatic carbocycles. The van der Waals surface area contributed by atoms with Crippen LogP contribution < -0.4 is 0 Å². The van der Waals surface area contributed by atoms with Crippen LogP contribution in [0.3, 0.4) is 0 Å². The SMILES string of the molecule is N#Cc1c(Cl)cc(N=S)cc1Cl. The Morgan fingerprint density at radius 3 is 2.17 bits per heavy atom. The monoisotopic (exact) mass is 216 g/mol. The summed E-state index contributed by atoms with van der Waals surface area (Å²) in [4.78, 5) is 0. The molecule has 0 heterocycles. The van der Waals surface area contributed by atoms with Crippen LogP contribution in [0.4, 0.5) is 5.69 Å². The van der Waals surface area contributed by atoms with Crippen LogP contribution in [0.15, 0.2) is 16.5 Å². The van der Waals surface area contributed by atoms with Crippen molar-refractivity contribution in [3.63, 3.8) is 0 Å². The Hall–Kier alpha value is -0.690. The smallest absolute Gasteiger partial charge is 0.102 e. The van der Waals surface area contributed by atoms with Crippen molar-refractivity contribution in [1.82, 2.24) is 0 Å². The normalized spacial score (nSPS) is 9.08. The Morgan fingerprint density at radius 1 is 1.33 bits per heavy atom. The second kappa shape index (κ2) is 3.81. The molecule has 0 amide bonds. The van der Waals surface area contributed by atoms with Crippen LogP contribution in [-0.4, -0.2) is 0 Å². The fraction of sp³-hybridized carbons (Fsp3) is 0. The van der Waals surface area contributed by atoms with Gasteiger partial charge in [0.1, 0.15) is 6.07 Å². The first kappa shape index (κ1) is 9.40. The third-order valence-corrected chi connectivity index (χ3v) is 2.05. The lowest BCUT2D eigenvalue weighted by Gasteiger charge is -1.98. The number of hydrogen-bond donors (Lipinski definition) is 0. The quantitative estimate of drug-likeness (QED) is 0.723. The molecule has 60 valence electrons. The maximum absolute atomic E-state index is 8.59. The van der Waals surface area contributed by atoms with Crippen LogP contribution in [0.25, 0.3) is 0 Å². The molecule has 0 saturated carbocycles. The Balaban J connectivity index is 3.39. The summed E-state index contributed by atoms with van der Waals surface area (Å²) in [5.41, 5.74) is 0.736. The molecule has 12 heavy (non-hydrogen) atoms. The molecule has 0 bridgehead atoms. The van der Waals surface area contributed by atoms with Gasteiger partial charge in [-0.1, -0.05) is 23.2 Å². The van der Waals surface area contributed by atoms with Crippen molar-refractivity contribution in [1.29, 1.82) is 5.26 Å². The predicted molar refractivity (Wildman–Crippen MR) is 50.6 cm³/mol. The Bertz CT molecular complexity index is 347. The highest BCUT2D eigenvalue weighted by Crippen LogP contribution is 2.29. The highest BCUT2D eigenvalue weighted by Gasteiger charge is 2.06. The molecular weight excluding hydrogens is 215 g/mol. The maximum Gasteiger partial charge on any atom is 0.102 e. The number of halogens is 2. The van der Waals surface area contributed by atoms with E-state index in [9.17, 15) is 0 Å². The molecule has 5 heteroatoms. The van der Waals surface area contributed by atoms with Gasteiger partial charge < -0.3 is 0 Å². The molecule has 0 N–H and O–H groups in total. The Morgan fingerprint density at radius 2 is 1.83 bits per heavy atom. The van der Waals surface area contributed by atoms with E-state index in [2.05, 4.69) is 16.8 Å². The van der Waals surface area contributed by atoms with E-state index in [-0.39, 0.29) is 15.6 Å². The minimum absolute atomic E-state index is 0.251. The first-order valence-corrected chi connectivity index (χ1v) is 4.03. The fourth-order valence-corrected chi connectivity index (χ4v) is 1.38. The molecule has 0 aromatic heterocycles. The van der Waals surface area contributed by atoms with E-state index in [1.54, 1.807) is 0 Å². The van der Waals surface area contributed by atoms with E-state index >= 15 is 0 Å². The molecule has 0 fully saturated rings. The summed E-state index contributed by atoms with van der Waals surface area (Å²) in [5, 5.41) is 9.13. The standard InChI is InChI=1S/C7H2Cl2N2S/c8-6-1-4(11-12)2-7(9)5(6)3-10/h1-2H. The molecule has 2 nitrogen and oxygen atoms in total. The first-order chi connectivity index (χ1) is 5.69. The molecule has 0 aliphatic rings. The second-order valence-corrected chi connectivity index (χ2v) is 2.98. The van der Waals surface area contributed by atoms with Crippen molar-refractivity contribution < 1.29 is 0 Å². The van der Waals surface area contributed by atoms with Gasteiger partial charge in [-0.15, -0.1) is 0 Å².